The Bertz CT molecular complexity index is 1070. The molecule has 2 amide bonds. The third kappa shape index (κ3) is 6.94. The summed E-state index contributed by atoms with van der Waals surface area (Å²) in [6, 6.07) is 16.2. The molecule has 0 aliphatic heterocycles. The Hall–Kier alpha value is -3.61. The number of alkyl carbamates (subject to hydrolysis) is 1. The second-order valence-corrected chi connectivity index (χ2v) is 10.1. The third-order valence-corrected chi connectivity index (χ3v) is 6.07. The van der Waals surface area contributed by atoms with Gasteiger partial charge in [-0.3, -0.25) is 9.59 Å². The van der Waals surface area contributed by atoms with E-state index < -0.39 is 18.0 Å². The quantitative estimate of drug-likeness (QED) is 0.452. The van der Waals surface area contributed by atoms with Gasteiger partial charge >= 0.3 is 12.1 Å². The van der Waals surface area contributed by atoms with E-state index in [-0.39, 0.29) is 36.9 Å². The summed E-state index contributed by atoms with van der Waals surface area (Å²) in [5, 5.41) is 14.7. The summed E-state index contributed by atoms with van der Waals surface area (Å²) in [7, 11) is 0. The Balaban J connectivity index is 1.47. The predicted octanol–water partition coefficient (Wildman–Crippen LogP) is 4.72. The molecule has 186 valence electrons. The Morgan fingerprint density at radius 3 is 2.11 bits per heavy atom. The topological polar surface area (TPSA) is 105 Å². The minimum Gasteiger partial charge on any atom is -0.481 e. The number of carbonyl (C=O) groups excluding carboxylic acids is 2. The number of aliphatic carboxylic acids is 1. The first-order chi connectivity index (χ1) is 16.6. The molecular weight excluding hydrogens is 444 g/mol. The SMILES string of the molecule is C/C(=C\CNC(=O)OCC1c2ccccc2-c2ccccc21)C(=O)NCC(CC(C)(C)C)C(=O)O. The Kier molecular flexibility index (Phi) is 8.33. The lowest BCUT2D eigenvalue weighted by molar-refractivity contribution is -0.142. The first-order valence-electron chi connectivity index (χ1n) is 11.8. The van der Waals surface area contributed by atoms with Gasteiger partial charge in [0.2, 0.25) is 5.91 Å². The maximum atomic E-state index is 12.3. The number of amides is 2. The molecule has 0 saturated carbocycles. The first kappa shape index (κ1) is 26.0. The van der Waals surface area contributed by atoms with Crippen LogP contribution in [0.3, 0.4) is 0 Å². The van der Waals surface area contributed by atoms with Crippen LogP contribution in [0.15, 0.2) is 60.2 Å². The molecule has 0 spiro atoms. The van der Waals surface area contributed by atoms with E-state index in [4.69, 9.17) is 4.74 Å². The highest BCUT2D eigenvalue weighted by Gasteiger charge is 2.29. The second kappa shape index (κ2) is 11.2. The molecule has 0 fully saturated rings. The molecule has 0 heterocycles. The highest BCUT2D eigenvalue weighted by molar-refractivity contribution is 5.93. The number of benzene rings is 2. The van der Waals surface area contributed by atoms with Crippen LogP contribution in [0, 0.1) is 11.3 Å². The van der Waals surface area contributed by atoms with Crippen molar-refractivity contribution >= 4 is 18.0 Å². The normalized spacial score (nSPS) is 14.0. The van der Waals surface area contributed by atoms with E-state index >= 15 is 0 Å². The van der Waals surface area contributed by atoms with Gasteiger partial charge < -0.3 is 20.5 Å². The lowest BCUT2D eigenvalue weighted by Crippen LogP contribution is -2.35. The second-order valence-electron chi connectivity index (χ2n) is 10.1. The van der Waals surface area contributed by atoms with Crippen LogP contribution in [0.5, 0.6) is 0 Å². The average Bonchev–Trinajstić information content (AvgIpc) is 3.13. The van der Waals surface area contributed by atoms with Gasteiger partial charge in [-0.05, 0) is 41.0 Å². The molecule has 1 atom stereocenters. The van der Waals surface area contributed by atoms with Crippen molar-refractivity contribution in [3.63, 3.8) is 0 Å². The minimum atomic E-state index is -0.932. The summed E-state index contributed by atoms with van der Waals surface area (Å²) in [6.45, 7) is 7.90. The third-order valence-electron chi connectivity index (χ3n) is 6.07. The summed E-state index contributed by atoms with van der Waals surface area (Å²) in [5.74, 6) is -1.98. The van der Waals surface area contributed by atoms with Gasteiger partial charge in [0, 0.05) is 24.6 Å². The summed E-state index contributed by atoms with van der Waals surface area (Å²) < 4.78 is 5.49. The maximum absolute atomic E-state index is 12.3. The zero-order valence-corrected chi connectivity index (χ0v) is 20.8. The molecule has 0 radical (unpaired) electrons. The fraction of sp³-hybridized carbons (Fsp3) is 0.393. The molecule has 0 saturated heterocycles. The van der Waals surface area contributed by atoms with Crippen molar-refractivity contribution in [2.75, 3.05) is 19.7 Å². The van der Waals surface area contributed by atoms with Crippen LogP contribution in [0.4, 0.5) is 4.79 Å². The van der Waals surface area contributed by atoms with E-state index in [0.717, 1.165) is 22.3 Å². The zero-order chi connectivity index (χ0) is 25.6. The van der Waals surface area contributed by atoms with Gasteiger partial charge in [0.1, 0.15) is 6.61 Å². The number of nitrogens with one attached hydrogen (secondary N) is 2. The molecule has 3 N–H and O–H groups in total. The van der Waals surface area contributed by atoms with Gasteiger partial charge in [0.15, 0.2) is 0 Å². The van der Waals surface area contributed by atoms with E-state index in [2.05, 4.69) is 34.9 Å². The van der Waals surface area contributed by atoms with Crippen LogP contribution in [0.2, 0.25) is 0 Å². The van der Waals surface area contributed by atoms with Crippen molar-refractivity contribution in [1.82, 2.24) is 10.6 Å². The molecule has 3 rings (SSSR count). The van der Waals surface area contributed by atoms with E-state index in [1.54, 1.807) is 13.0 Å². The molecule has 2 aromatic rings. The smallest absolute Gasteiger partial charge is 0.407 e. The van der Waals surface area contributed by atoms with Crippen molar-refractivity contribution < 1.29 is 24.2 Å². The van der Waals surface area contributed by atoms with Crippen LogP contribution in [0.25, 0.3) is 11.1 Å². The molecule has 7 heteroatoms. The Morgan fingerprint density at radius 1 is 1.00 bits per heavy atom. The summed E-state index contributed by atoms with van der Waals surface area (Å²) in [5.41, 5.74) is 4.83. The molecule has 0 bridgehead atoms. The molecule has 7 nitrogen and oxygen atoms in total. The highest BCUT2D eigenvalue weighted by atomic mass is 16.5. The van der Waals surface area contributed by atoms with Crippen molar-refractivity contribution in [2.45, 2.75) is 40.0 Å². The molecule has 1 aliphatic rings. The molecular formula is C28H34N2O5. The number of rotatable bonds is 9. The van der Waals surface area contributed by atoms with Crippen LogP contribution >= 0.6 is 0 Å². The fourth-order valence-corrected chi connectivity index (χ4v) is 4.37. The molecule has 0 aromatic heterocycles. The number of fused-ring (bicyclic) bond motifs is 3. The van der Waals surface area contributed by atoms with Crippen molar-refractivity contribution in [3.8, 4) is 11.1 Å². The van der Waals surface area contributed by atoms with Gasteiger partial charge in [-0.1, -0.05) is 75.4 Å². The fourth-order valence-electron chi connectivity index (χ4n) is 4.37. The average molecular weight is 479 g/mol. The lowest BCUT2D eigenvalue weighted by atomic mass is 9.84. The first-order valence-corrected chi connectivity index (χ1v) is 11.8. The maximum Gasteiger partial charge on any atom is 0.407 e. The monoisotopic (exact) mass is 478 g/mol. The van der Waals surface area contributed by atoms with Crippen LogP contribution in [0.1, 0.15) is 51.2 Å². The molecule has 1 unspecified atom stereocenters. The van der Waals surface area contributed by atoms with Gasteiger partial charge in [-0.25, -0.2) is 4.79 Å². The number of hydrogen-bond acceptors (Lipinski definition) is 4. The predicted molar refractivity (Wildman–Crippen MR) is 135 cm³/mol. The Labute approximate surface area is 206 Å². The number of carboxylic acid groups (broad SMARTS) is 1. The summed E-state index contributed by atoms with van der Waals surface area (Å²) in [4.78, 5) is 36.1. The van der Waals surface area contributed by atoms with Crippen LogP contribution < -0.4 is 10.6 Å². The van der Waals surface area contributed by atoms with E-state index in [1.807, 2.05) is 45.0 Å². The number of ether oxygens (including phenoxy) is 1. The van der Waals surface area contributed by atoms with E-state index in [9.17, 15) is 19.5 Å². The molecule has 2 aromatic carbocycles. The standard InChI is InChI=1S/C28H34N2O5/c1-18(25(31)30-16-19(26(32)33)15-28(2,3)4)13-14-29-27(34)35-17-24-22-11-7-5-9-20(22)21-10-6-8-12-23(21)24/h5-13,19,24H,14-17H2,1-4H3,(H,29,34)(H,30,31)(H,32,33)/b18-13+. The number of carbonyl (C=O) groups is 3. The van der Waals surface area contributed by atoms with Gasteiger partial charge in [0.05, 0.1) is 5.92 Å². The highest BCUT2D eigenvalue weighted by Crippen LogP contribution is 2.44. The van der Waals surface area contributed by atoms with Crippen molar-refractivity contribution in [2.24, 2.45) is 11.3 Å². The molecule has 35 heavy (non-hydrogen) atoms. The minimum absolute atomic E-state index is 0.0218. The van der Waals surface area contributed by atoms with E-state index in [1.165, 1.54) is 0 Å². The lowest BCUT2D eigenvalue weighted by Gasteiger charge is -2.23. The van der Waals surface area contributed by atoms with E-state index in [0.29, 0.717) is 12.0 Å². The van der Waals surface area contributed by atoms with Gasteiger partial charge in [-0.15, -0.1) is 0 Å². The van der Waals surface area contributed by atoms with Gasteiger partial charge in [0.25, 0.3) is 0 Å². The number of carboxylic acids is 1. The molecule has 1 aliphatic carbocycles. The number of hydrogen-bond donors (Lipinski definition) is 3. The zero-order valence-electron chi connectivity index (χ0n) is 20.8. The van der Waals surface area contributed by atoms with Gasteiger partial charge in [-0.2, -0.15) is 0 Å². The summed E-state index contributed by atoms with van der Waals surface area (Å²) >= 11 is 0. The largest absolute Gasteiger partial charge is 0.481 e. The van der Waals surface area contributed by atoms with Crippen LogP contribution in [-0.4, -0.2) is 42.8 Å². The van der Waals surface area contributed by atoms with Crippen LogP contribution in [-0.2, 0) is 14.3 Å². The van der Waals surface area contributed by atoms with Crippen molar-refractivity contribution in [1.29, 1.82) is 0 Å². The Morgan fingerprint density at radius 2 is 1.57 bits per heavy atom. The van der Waals surface area contributed by atoms with Crippen molar-refractivity contribution in [3.05, 3.63) is 71.3 Å². The summed E-state index contributed by atoms with van der Waals surface area (Å²) in [6.07, 6.45) is 1.47.